The fourth-order valence-electron chi connectivity index (χ4n) is 4.00. The van der Waals surface area contributed by atoms with Crippen molar-refractivity contribution in [2.24, 2.45) is 5.73 Å². The van der Waals surface area contributed by atoms with Gasteiger partial charge in [0, 0.05) is 42.4 Å². The van der Waals surface area contributed by atoms with Crippen molar-refractivity contribution in [2.75, 3.05) is 19.6 Å². The summed E-state index contributed by atoms with van der Waals surface area (Å²) in [6.45, 7) is 2.85. The molecule has 0 saturated carbocycles. The molecular weight excluding hydrogens is 406 g/mol. The molecule has 3 aromatic carbocycles. The third-order valence-corrected chi connectivity index (χ3v) is 5.78. The van der Waals surface area contributed by atoms with Gasteiger partial charge in [-0.05, 0) is 48.0 Å². The summed E-state index contributed by atoms with van der Waals surface area (Å²) in [5, 5.41) is 1.49. The predicted molar refractivity (Wildman–Crippen MR) is 120 cm³/mol. The first kappa shape index (κ1) is 21.2. The zero-order valence-electron chi connectivity index (χ0n) is 17.7. The van der Waals surface area contributed by atoms with E-state index >= 15 is 0 Å². The van der Waals surface area contributed by atoms with E-state index in [0.29, 0.717) is 30.8 Å². The highest BCUT2D eigenvalue weighted by Gasteiger charge is 2.33. The summed E-state index contributed by atoms with van der Waals surface area (Å²) in [5.41, 5.74) is 6.58. The van der Waals surface area contributed by atoms with E-state index in [2.05, 4.69) is 0 Å². The number of hydrogen-bond acceptors (Lipinski definition) is 4. The lowest BCUT2D eigenvalue weighted by atomic mass is 10.0. The fourth-order valence-corrected chi connectivity index (χ4v) is 4.00. The average Bonchev–Trinajstić information content (AvgIpc) is 2.82. The Morgan fingerprint density at radius 3 is 2.06 bits per heavy atom. The van der Waals surface area contributed by atoms with E-state index in [9.17, 15) is 19.2 Å². The molecule has 1 fully saturated rings. The molecule has 1 atom stereocenters. The molecular formula is C25H23N3O4. The van der Waals surface area contributed by atoms with Crippen LogP contribution >= 0.6 is 0 Å². The smallest absolute Gasteiger partial charge is 0.295 e. The second-order valence-electron chi connectivity index (χ2n) is 7.93. The summed E-state index contributed by atoms with van der Waals surface area (Å²) < 4.78 is 0. The van der Waals surface area contributed by atoms with Crippen LogP contribution in [0, 0.1) is 0 Å². The van der Waals surface area contributed by atoms with Gasteiger partial charge in [-0.1, -0.05) is 36.4 Å². The zero-order valence-corrected chi connectivity index (χ0v) is 17.7. The lowest BCUT2D eigenvalue weighted by Crippen LogP contribution is -2.56. The van der Waals surface area contributed by atoms with Crippen LogP contribution in [0.25, 0.3) is 10.8 Å². The molecule has 0 bridgehead atoms. The molecule has 1 saturated heterocycles. The summed E-state index contributed by atoms with van der Waals surface area (Å²) in [6, 6.07) is 18.6. The Balaban J connectivity index is 1.47. The molecule has 4 rings (SSSR count). The molecule has 0 radical (unpaired) electrons. The number of Topliss-reactive ketones (excluding diaryl/α,β-unsaturated/α-hetero) is 1. The normalized spacial score (nSPS) is 16.1. The topological polar surface area (TPSA) is 101 Å². The van der Waals surface area contributed by atoms with Crippen LogP contribution in [0.1, 0.15) is 38.0 Å². The minimum Gasteiger partial charge on any atom is -0.366 e. The highest BCUT2D eigenvalue weighted by molar-refractivity contribution is 6.43. The third-order valence-electron chi connectivity index (χ3n) is 5.78. The first-order valence-electron chi connectivity index (χ1n) is 10.4. The number of ketones is 1. The van der Waals surface area contributed by atoms with Gasteiger partial charge in [-0.15, -0.1) is 0 Å². The second kappa shape index (κ2) is 8.63. The Morgan fingerprint density at radius 1 is 0.812 bits per heavy atom. The van der Waals surface area contributed by atoms with Crippen molar-refractivity contribution < 1.29 is 19.2 Å². The predicted octanol–water partition coefficient (Wildman–Crippen LogP) is 2.49. The van der Waals surface area contributed by atoms with E-state index in [0.717, 1.165) is 10.8 Å². The molecule has 0 aromatic heterocycles. The number of hydrogen-bond donors (Lipinski definition) is 1. The van der Waals surface area contributed by atoms with Gasteiger partial charge in [0.2, 0.25) is 11.7 Å². The maximum absolute atomic E-state index is 12.9. The minimum atomic E-state index is -0.597. The highest BCUT2D eigenvalue weighted by Crippen LogP contribution is 2.20. The largest absolute Gasteiger partial charge is 0.366 e. The summed E-state index contributed by atoms with van der Waals surface area (Å²) in [4.78, 5) is 53.1. The maximum Gasteiger partial charge on any atom is 0.295 e. The summed E-state index contributed by atoms with van der Waals surface area (Å²) >= 11 is 0. The van der Waals surface area contributed by atoms with Crippen molar-refractivity contribution in [3.63, 3.8) is 0 Å². The van der Waals surface area contributed by atoms with Gasteiger partial charge in [-0.2, -0.15) is 0 Å². The van der Waals surface area contributed by atoms with Crippen LogP contribution in [-0.4, -0.2) is 59.0 Å². The van der Waals surface area contributed by atoms with Crippen LogP contribution in [0.3, 0.4) is 0 Å². The van der Waals surface area contributed by atoms with E-state index in [4.69, 9.17) is 5.73 Å². The van der Waals surface area contributed by atoms with Gasteiger partial charge < -0.3 is 15.5 Å². The number of amides is 3. The number of rotatable bonds is 4. The van der Waals surface area contributed by atoms with E-state index in [1.807, 2.05) is 25.1 Å². The van der Waals surface area contributed by atoms with Gasteiger partial charge in [0.25, 0.3) is 11.8 Å². The number of nitrogens with zero attached hydrogens (tertiary/aromatic N) is 2. The van der Waals surface area contributed by atoms with Crippen LogP contribution in [0.15, 0.2) is 66.7 Å². The summed E-state index contributed by atoms with van der Waals surface area (Å²) in [6.07, 6.45) is 0. The molecule has 162 valence electrons. The first-order valence-corrected chi connectivity index (χ1v) is 10.4. The molecule has 7 nitrogen and oxygen atoms in total. The fraction of sp³-hybridized carbons (Fsp3) is 0.200. The molecule has 3 amide bonds. The lowest BCUT2D eigenvalue weighted by Gasteiger charge is -2.39. The molecule has 2 N–H and O–H groups in total. The van der Waals surface area contributed by atoms with Crippen molar-refractivity contribution >= 4 is 34.3 Å². The Kier molecular flexibility index (Phi) is 5.73. The Bertz CT molecular complexity index is 1220. The van der Waals surface area contributed by atoms with Gasteiger partial charge in [-0.25, -0.2) is 0 Å². The van der Waals surface area contributed by atoms with E-state index in [1.54, 1.807) is 53.4 Å². The lowest BCUT2D eigenvalue weighted by molar-refractivity contribution is -0.130. The van der Waals surface area contributed by atoms with Crippen molar-refractivity contribution in [3.8, 4) is 0 Å². The molecule has 0 spiro atoms. The molecule has 32 heavy (non-hydrogen) atoms. The average molecular weight is 429 g/mol. The minimum absolute atomic E-state index is 0.0827. The number of piperazine rings is 1. The monoisotopic (exact) mass is 429 g/mol. The molecule has 1 aliphatic rings. The van der Waals surface area contributed by atoms with Crippen LogP contribution in [0.5, 0.6) is 0 Å². The molecule has 1 aliphatic heterocycles. The van der Waals surface area contributed by atoms with Crippen molar-refractivity contribution in [2.45, 2.75) is 13.0 Å². The first-order chi connectivity index (χ1) is 15.3. The van der Waals surface area contributed by atoms with Crippen LogP contribution < -0.4 is 5.73 Å². The van der Waals surface area contributed by atoms with Crippen LogP contribution in [0.2, 0.25) is 0 Å². The molecule has 1 heterocycles. The number of benzene rings is 3. The van der Waals surface area contributed by atoms with Gasteiger partial charge >= 0.3 is 0 Å². The second-order valence-corrected chi connectivity index (χ2v) is 7.93. The van der Waals surface area contributed by atoms with E-state index < -0.39 is 17.6 Å². The molecule has 0 aliphatic carbocycles. The number of carbonyl (C=O) groups is 4. The number of carbonyl (C=O) groups excluding carboxylic acids is 4. The number of nitrogens with two attached hydrogens (primary N) is 1. The van der Waals surface area contributed by atoms with Gasteiger partial charge in [0.1, 0.15) is 0 Å². The Morgan fingerprint density at radius 2 is 1.44 bits per heavy atom. The highest BCUT2D eigenvalue weighted by atomic mass is 16.2. The van der Waals surface area contributed by atoms with E-state index in [-0.39, 0.29) is 17.5 Å². The van der Waals surface area contributed by atoms with Crippen LogP contribution in [0.4, 0.5) is 0 Å². The SMILES string of the molecule is C[C@@H]1CN(C(=O)c2ccccc2)CCN1C(=O)C(=O)c1ccc2cc(C(N)=O)ccc2c1. The summed E-state index contributed by atoms with van der Waals surface area (Å²) in [5.74, 6) is -1.79. The maximum atomic E-state index is 12.9. The zero-order chi connectivity index (χ0) is 22.8. The number of primary amides is 1. The Labute approximate surface area is 185 Å². The quantitative estimate of drug-likeness (QED) is 0.509. The van der Waals surface area contributed by atoms with Gasteiger partial charge in [-0.3, -0.25) is 19.2 Å². The third kappa shape index (κ3) is 4.09. The van der Waals surface area contributed by atoms with Crippen molar-refractivity contribution in [3.05, 3.63) is 83.4 Å². The molecule has 7 heteroatoms. The molecule has 0 unspecified atom stereocenters. The summed E-state index contributed by atoms with van der Waals surface area (Å²) in [7, 11) is 0. The standard InChI is InChI=1S/C25H23N3O4/c1-16-15-27(24(31)17-5-3-2-4-6-17)11-12-28(16)25(32)22(29)20-9-7-19-14-21(23(26)30)10-8-18(19)13-20/h2-10,13-14,16H,11-12,15H2,1H3,(H2,26,30)/t16-/m1/s1. The van der Waals surface area contributed by atoms with Crippen molar-refractivity contribution in [1.29, 1.82) is 0 Å². The van der Waals surface area contributed by atoms with Gasteiger partial charge in [0.05, 0.1) is 0 Å². The van der Waals surface area contributed by atoms with Crippen LogP contribution in [-0.2, 0) is 4.79 Å². The van der Waals surface area contributed by atoms with E-state index in [1.165, 1.54) is 4.90 Å². The molecule has 3 aromatic rings. The Hall–Kier alpha value is -4.00. The number of fused-ring (bicyclic) bond motifs is 1. The van der Waals surface area contributed by atoms with Gasteiger partial charge in [0.15, 0.2) is 0 Å². The van der Waals surface area contributed by atoms with Crippen molar-refractivity contribution in [1.82, 2.24) is 9.80 Å².